The summed E-state index contributed by atoms with van der Waals surface area (Å²) in [6.45, 7) is 6.00. The second kappa shape index (κ2) is 13.7. The molecule has 3 aromatic rings. The van der Waals surface area contributed by atoms with E-state index in [-0.39, 0.29) is 30.1 Å². The number of benzene rings is 3. The highest BCUT2D eigenvalue weighted by molar-refractivity contribution is 5.65. The van der Waals surface area contributed by atoms with Gasteiger partial charge in [-0.25, -0.2) is 13.2 Å². The summed E-state index contributed by atoms with van der Waals surface area (Å²) in [6.07, 6.45) is 6.97. The molecule has 1 aliphatic rings. The van der Waals surface area contributed by atoms with Crippen LogP contribution in [0.15, 0.2) is 67.3 Å². The molecular formula is C33H37F3O3. The molecule has 39 heavy (non-hydrogen) atoms. The van der Waals surface area contributed by atoms with Gasteiger partial charge in [-0.2, -0.15) is 0 Å². The maximum Gasteiger partial charge on any atom is 0.165 e. The lowest BCUT2D eigenvalue weighted by molar-refractivity contribution is 0.0727. The average Bonchev–Trinajstić information content (AvgIpc) is 2.95. The largest absolute Gasteiger partial charge is 0.493 e. The number of hydrogen-bond acceptors (Lipinski definition) is 3. The van der Waals surface area contributed by atoms with E-state index in [1.807, 2.05) is 0 Å². The topological polar surface area (TPSA) is 38.7 Å². The van der Waals surface area contributed by atoms with Crippen molar-refractivity contribution in [3.8, 4) is 22.6 Å². The Morgan fingerprint density at radius 1 is 0.923 bits per heavy atom. The lowest BCUT2D eigenvalue weighted by Crippen LogP contribution is -2.25. The summed E-state index contributed by atoms with van der Waals surface area (Å²) in [5.41, 5.74) is 1.64. The fraction of sp³-hybridized carbons (Fsp3) is 0.394. The van der Waals surface area contributed by atoms with E-state index in [2.05, 4.69) is 13.5 Å². The van der Waals surface area contributed by atoms with Gasteiger partial charge in [-0.05, 0) is 85.8 Å². The molecule has 0 aromatic heterocycles. The second-order valence-corrected chi connectivity index (χ2v) is 10.3. The molecule has 1 unspecified atom stereocenters. The van der Waals surface area contributed by atoms with Crippen molar-refractivity contribution in [3.05, 3.63) is 95.8 Å². The Labute approximate surface area is 229 Å². The molecule has 0 radical (unpaired) electrons. The molecule has 0 saturated heterocycles. The Kier molecular flexibility index (Phi) is 10.1. The van der Waals surface area contributed by atoms with Gasteiger partial charge in [-0.3, -0.25) is 0 Å². The number of hydrogen-bond donors (Lipinski definition) is 1. The van der Waals surface area contributed by atoms with Gasteiger partial charge in [0.2, 0.25) is 0 Å². The van der Waals surface area contributed by atoms with Crippen molar-refractivity contribution in [1.29, 1.82) is 0 Å². The van der Waals surface area contributed by atoms with Gasteiger partial charge in [0.25, 0.3) is 0 Å². The van der Waals surface area contributed by atoms with Gasteiger partial charge in [0.1, 0.15) is 23.9 Å². The lowest BCUT2D eigenvalue weighted by Gasteiger charge is -2.32. The fourth-order valence-electron chi connectivity index (χ4n) is 5.35. The lowest BCUT2D eigenvalue weighted by atomic mass is 9.76. The molecule has 1 saturated carbocycles. The predicted octanol–water partition coefficient (Wildman–Crippen LogP) is 8.74. The molecule has 1 atom stereocenters. The Morgan fingerprint density at radius 3 is 2.31 bits per heavy atom. The molecule has 1 aliphatic carbocycles. The Balaban J connectivity index is 1.35. The molecule has 6 heteroatoms. The standard InChI is InChI=1S/C33H37F3O3/c1-3-5-19-38-27-16-18-28(30(34)20-27)22-11-14-26(15-12-22)39-21-25-13-17-29(33(36)32(25)35)23-7-9-24(10-8-23)31(37)6-4-2/h3,11-18,20,23-24,31,37H,1,4-10,19,21H2,2H3. The van der Waals surface area contributed by atoms with Crippen LogP contribution in [0.2, 0.25) is 0 Å². The molecule has 0 aliphatic heterocycles. The zero-order valence-corrected chi connectivity index (χ0v) is 22.5. The van der Waals surface area contributed by atoms with E-state index in [1.165, 1.54) is 6.07 Å². The number of aliphatic hydroxyl groups is 1. The SMILES string of the molecule is C=CCCOc1ccc(-c2ccc(OCc3ccc(C4CCC(C(O)CCC)CC4)c(F)c3F)cc2)c(F)c1. The van der Waals surface area contributed by atoms with Crippen molar-refractivity contribution in [1.82, 2.24) is 0 Å². The first-order valence-corrected chi connectivity index (χ1v) is 13.8. The van der Waals surface area contributed by atoms with Gasteiger partial charge in [-0.15, -0.1) is 6.58 Å². The molecule has 0 bridgehead atoms. The van der Waals surface area contributed by atoms with Gasteiger partial charge < -0.3 is 14.6 Å². The van der Waals surface area contributed by atoms with Crippen LogP contribution in [0.5, 0.6) is 11.5 Å². The Hall–Kier alpha value is -3.25. The monoisotopic (exact) mass is 538 g/mol. The number of halogens is 3. The quantitative estimate of drug-likeness (QED) is 0.185. The summed E-state index contributed by atoms with van der Waals surface area (Å²) in [4.78, 5) is 0. The van der Waals surface area contributed by atoms with Crippen LogP contribution in [0.1, 0.15) is 68.9 Å². The summed E-state index contributed by atoms with van der Waals surface area (Å²) in [5.74, 6) is -0.965. The first-order chi connectivity index (χ1) is 18.9. The second-order valence-electron chi connectivity index (χ2n) is 10.3. The fourth-order valence-corrected chi connectivity index (χ4v) is 5.35. The van der Waals surface area contributed by atoms with Crippen molar-refractivity contribution in [2.45, 2.75) is 70.5 Å². The zero-order valence-electron chi connectivity index (χ0n) is 22.5. The molecular weight excluding hydrogens is 501 g/mol. The van der Waals surface area contributed by atoms with Crippen LogP contribution in [-0.2, 0) is 6.61 Å². The van der Waals surface area contributed by atoms with E-state index in [4.69, 9.17) is 9.47 Å². The molecule has 3 aromatic carbocycles. The minimum absolute atomic E-state index is 0.0414. The van der Waals surface area contributed by atoms with Crippen molar-refractivity contribution < 1.29 is 27.8 Å². The highest BCUT2D eigenvalue weighted by Gasteiger charge is 2.29. The van der Waals surface area contributed by atoms with E-state index in [0.717, 1.165) is 38.5 Å². The van der Waals surface area contributed by atoms with Gasteiger partial charge in [0.05, 0.1) is 12.7 Å². The van der Waals surface area contributed by atoms with Crippen molar-refractivity contribution in [3.63, 3.8) is 0 Å². The third-order valence-electron chi connectivity index (χ3n) is 7.62. The van der Waals surface area contributed by atoms with Crippen LogP contribution in [0, 0.1) is 23.4 Å². The molecule has 0 heterocycles. The van der Waals surface area contributed by atoms with Crippen LogP contribution in [0.4, 0.5) is 13.2 Å². The summed E-state index contributed by atoms with van der Waals surface area (Å²) >= 11 is 0. The van der Waals surface area contributed by atoms with Gasteiger partial charge in [0, 0.05) is 17.2 Å². The third kappa shape index (κ3) is 7.24. The smallest absolute Gasteiger partial charge is 0.165 e. The van der Waals surface area contributed by atoms with Crippen LogP contribution in [0.25, 0.3) is 11.1 Å². The maximum atomic E-state index is 15.0. The molecule has 0 spiro atoms. The molecule has 208 valence electrons. The maximum absolute atomic E-state index is 15.0. The highest BCUT2D eigenvalue weighted by atomic mass is 19.2. The molecule has 1 N–H and O–H groups in total. The van der Waals surface area contributed by atoms with Gasteiger partial charge in [0.15, 0.2) is 11.6 Å². The summed E-state index contributed by atoms with van der Waals surface area (Å²) in [6, 6.07) is 14.8. The van der Waals surface area contributed by atoms with Crippen LogP contribution >= 0.6 is 0 Å². The van der Waals surface area contributed by atoms with Crippen LogP contribution < -0.4 is 9.47 Å². The van der Waals surface area contributed by atoms with Crippen LogP contribution in [0.3, 0.4) is 0 Å². The molecule has 4 rings (SSSR count). The average molecular weight is 539 g/mol. The minimum Gasteiger partial charge on any atom is -0.493 e. The van der Waals surface area contributed by atoms with E-state index in [1.54, 1.807) is 54.6 Å². The van der Waals surface area contributed by atoms with Gasteiger partial charge >= 0.3 is 0 Å². The highest BCUT2D eigenvalue weighted by Crippen LogP contribution is 2.39. The zero-order chi connectivity index (χ0) is 27.8. The van der Waals surface area contributed by atoms with E-state index < -0.39 is 17.5 Å². The van der Waals surface area contributed by atoms with Crippen molar-refractivity contribution in [2.75, 3.05) is 6.61 Å². The van der Waals surface area contributed by atoms with E-state index in [0.29, 0.717) is 41.2 Å². The summed E-state index contributed by atoms with van der Waals surface area (Å²) < 4.78 is 55.8. The van der Waals surface area contributed by atoms with Crippen molar-refractivity contribution >= 4 is 0 Å². The summed E-state index contributed by atoms with van der Waals surface area (Å²) in [5, 5.41) is 10.3. The summed E-state index contributed by atoms with van der Waals surface area (Å²) in [7, 11) is 0. The molecule has 0 amide bonds. The van der Waals surface area contributed by atoms with Crippen molar-refractivity contribution in [2.24, 2.45) is 5.92 Å². The van der Waals surface area contributed by atoms with Gasteiger partial charge in [-0.1, -0.05) is 43.7 Å². The third-order valence-corrected chi connectivity index (χ3v) is 7.62. The molecule has 3 nitrogen and oxygen atoms in total. The Bertz CT molecular complexity index is 1230. The minimum atomic E-state index is -0.880. The number of ether oxygens (including phenoxy) is 2. The van der Waals surface area contributed by atoms with E-state index >= 15 is 4.39 Å². The number of aliphatic hydroxyl groups excluding tert-OH is 1. The molecule has 1 fully saturated rings. The predicted molar refractivity (Wildman–Crippen MR) is 148 cm³/mol. The first kappa shape index (κ1) is 28.8. The van der Waals surface area contributed by atoms with E-state index in [9.17, 15) is 13.9 Å². The normalized spacial score (nSPS) is 18.0. The first-order valence-electron chi connectivity index (χ1n) is 13.8. The number of rotatable bonds is 12. The van der Waals surface area contributed by atoms with Crippen LogP contribution in [-0.4, -0.2) is 17.8 Å². The Morgan fingerprint density at radius 2 is 1.64 bits per heavy atom.